The van der Waals surface area contributed by atoms with Gasteiger partial charge >= 0.3 is 0 Å². The van der Waals surface area contributed by atoms with Crippen LogP contribution in [-0.4, -0.2) is 23.2 Å². The van der Waals surface area contributed by atoms with Crippen LogP contribution in [-0.2, 0) is 16.0 Å². The highest BCUT2D eigenvalue weighted by Crippen LogP contribution is 2.39. The van der Waals surface area contributed by atoms with Crippen molar-refractivity contribution in [1.29, 1.82) is 0 Å². The summed E-state index contributed by atoms with van der Waals surface area (Å²) in [6.45, 7) is 2.17. The lowest BCUT2D eigenvalue weighted by Crippen LogP contribution is -2.32. The summed E-state index contributed by atoms with van der Waals surface area (Å²) in [6, 6.07) is 12.5. The number of para-hydroxylation sites is 1. The van der Waals surface area contributed by atoms with Crippen LogP contribution in [0.25, 0.3) is 0 Å². The van der Waals surface area contributed by atoms with Crippen LogP contribution in [0.4, 0.5) is 5.69 Å². The maximum atomic E-state index is 13.0. The van der Waals surface area contributed by atoms with Crippen LogP contribution >= 0.6 is 0 Å². The third-order valence-corrected chi connectivity index (χ3v) is 6.17. The van der Waals surface area contributed by atoms with Crippen molar-refractivity contribution in [3.05, 3.63) is 59.2 Å². The van der Waals surface area contributed by atoms with Crippen LogP contribution in [0.1, 0.15) is 79.4 Å². The fourth-order valence-electron chi connectivity index (χ4n) is 4.49. The van der Waals surface area contributed by atoms with Gasteiger partial charge in [-0.3, -0.25) is 14.4 Å². The Balaban J connectivity index is 1.70. The molecule has 2 amide bonds. The van der Waals surface area contributed by atoms with E-state index in [9.17, 15) is 19.5 Å². The number of hydrogen-bond donors (Lipinski definition) is 3. The topological polar surface area (TPSA) is 95.5 Å². The molecule has 0 heterocycles. The number of carbonyl (C=O) groups is 3. The van der Waals surface area contributed by atoms with E-state index in [4.69, 9.17) is 0 Å². The molecule has 32 heavy (non-hydrogen) atoms. The fraction of sp³-hybridized carbons (Fsp3) is 0.423. The molecule has 0 radical (unpaired) electrons. The molecule has 2 aromatic rings. The summed E-state index contributed by atoms with van der Waals surface area (Å²) in [5, 5.41) is 16.0. The number of rotatable bonds is 12. The number of carbonyl (C=O) groups excluding carboxylic acids is 3. The van der Waals surface area contributed by atoms with Crippen LogP contribution in [0.3, 0.4) is 0 Å². The zero-order chi connectivity index (χ0) is 22.9. The summed E-state index contributed by atoms with van der Waals surface area (Å²) < 4.78 is 0. The molecular formula is C26H32N2O4. The highest BCUT2D eigenvalue weighted by atomic mass is 16.3. The second kappa shape index (κ2) is 11.5. The van der Waals surface area contributed by atoms with Gasteiger partial charge in [0.1, 0.15) is 5.75 Å². The third kappa shape index (κ3) is 5.75. The van der Waals surface area contributed by atoms with E-state index >= 15 is 0 Å². The number of amides is 2. The number of anilines is 1. The second-order valence-corrected chi connectivity index (χ2v) is 8.46. The molecule has 1 aliphatic carbocycles. The normalized spacial score (nSPS) is 16.9. The summed E-state index contributed by atoms with van der Waals surface area (Å²) in [5.41, 5.74) is 2.58. The summed E-state index contributed by atoms with van der Waals surface area (Å²) >= 11 is 0. The number of nitrogens with one attached hydrogen (secondary N) is 2. The largest absolute Gasteiger partial charge is 0.505 e. The maximum Gasteiger partial charge on any atom is 0.220 e. The van der Waals surface area contributed by atoms with Crippen LogP contribution in [0.15, 0.2) is 42.5 Å². The number of ketones is 1. The number of phenolic OH excluding ortho intramolecular Hbond substituents is 1. The van der Waals surface area contributed by atoms with E-state index in [0.29, 0.717) is 19.3 Å². The van der Waals surface area contributed by atoms with E-state index < -0.39 is 0 Å². The van der Waals surface area contributed by atoms with E-state index in [-0.39, 0.29) is 47.1 Å². The number of benzene rings is 2. The average Bonchev–Trinajstić information content (AvgIpc) is 3.12. The Bertz CT molecular complexity index is 957. The van der Waals surface area contributed by atoms with Gasteiger partial charge in [0.15, 0.2) is 5.78 Å². The molecule has 0 saturated heterocycles. The highest BCUT2D eigenvalue weighted by Gasteiger charge is 2.35. The first kappa shape index (κ1) is 23.5. The molecule has 2 unspecified atom stereocenters. The molecule has 0 saturated carbocycles. The van der Waals surface area contributed by atoms with Crippen molar-refractivity contribution < 1.29 is 19.5 Å². The number of aromatic hydroxyl groups is 1. The molecule has 6 heteroatoms. The van der Waals surface area contributed by atoms with Crippen molar-refractivity contribution in [3.63, 3.8) is 0 Å². The molecule has 1 aliphatic rings. The standard InChI is InChI=1S/C26H32N2O4/c1-2-3-4-5-6-14-24(31)28-25-19(15-18-10-7-8-11-20(18)25)16-23(30)21-12-9-13-22(26(21)32)27-17-29/h7-13,17,19,25,32H,2-6,14-16H2,1H3,(H,27,29)(H,28,31). The number of Topliss-reactive ketones (excluding diaryl/α,β-unsaturated/α-hetero) is 1. The van der Waals surface area contributed by atoms with Crippen molar-refractivity contribution >= 4 is 23.8 Å². The first-order valence-corrected chi connectivity index (χ1v) is 11.5. The van der Waals surface area contributed by atoms with Crippen LogP contribution < -0.4 is 10.6 Å². The maximum absolute atomic E-state index is 13.0. The number of unbranched alkanes of at least 4 members (excludes halogenated alkanes) is 4. The fourth-order valence-corrected chi connectivity index (χ4v) is 4.49. The van der Waals surface area contributed by atoms with Gasteiger partial charge in [0.05, 0.1) is 17.3 Å². The predicted octanol–water partition coefficient (Wildman–Crippen LogP) is 4.92. The van der Waals surface area contributed by atoms with Gasteiger partial charge in [-0.15, -0.1) is 0 Å². The van der Waals surface area contributed by atoms with E-state index in [1.165, 1.54) is 18.9 Å². The molecule has 0 spiro atoms. The summed E-state index contributed by atoms with van der Waals surface area (Å²) in [7, 11) is 0. The Morgan fingerprint density at radius 1 is 1.06 bits per heavy atom. The van der Waals surface area contributed by atoms with Crippen LogP contribution in [0.2, 0.25) is 0 Å². The van der Waals surface area contributed by atoms with Gasteiger partial charge in [0, 0.05) is 12.8 Å². The van der Waals surface area contributed by atoms with Gasteiger partial charge in [0.2, 0.25) is 12.3 Å². The second-order valence-electron chi connectivity index (χ2n) is 8.46. The lowest BCUT2D eigenvalue weighted by atomic mass is 9.91. The third-order valence-electron chi connectivity index (χ3n) is 6.17. The minimum atomic E-state index is -0.229. The first-order valence-electron chi connectivity index (χ1n) is 11.5. The van der Waals surface area contributed by atoms with Crippen molar-refractivity contribution in [2.24, 2.45) is 5.92 Å². The van der Waals surface area contributed by atoms with E-state index in [2.05, 4.69) is 17.6 Å². The Morgan fingerprint density at radius 3 is 2.62 bits per heavy atom. The Kier molecular flexibility index (Phi) is 8.42. The number of phenols is 1. The average molecular weight is 437 g/mol. The van der Waals surface area contributed by atoms with Crippen molar-refractivity contribution in [1.82, 2.24) is 5.32 Å². The zero-order valence-corrected chi connectivity index (χ0v) is 18.6. The predicted molar refractivity (Wildman–Crippen MR) is 125 cm³/mol. The summed E-state index contributed by atoms with van der Waals surface area (Å²) in [4.78, 5) is 36.4. The van der Waals surface area contributed by atoms with Crippen molar-refractivity contribution in [3.8, 4) is 5.75 Å². The number of hydrogen-bond acceptors (Lipinski definition) is 4. The summed E-state index contributed by atoms with van der Waals surface area (Å²) in [5.74, 6) is -0.520. The van der Waals surface area contributed by atoms with Gasteiger partial charge in [-0.05, 0) is 42.0 Å². The van der Waals surface area contributed by atoms with Gasteiger partial charge in [-0.25, -0.2) is 0 Å². The Hall–Kier alpha value is -3.15. The summed E-state index contributed by atoms with van der Waals surface area (Å²) in [6.07, 6.45) is 7.26. The molecule has 6 nitrogen and oxygen atoms in total. The number of fused-ring (bicyclic) bond motifs is 1. The highest BCUT2D eigenvalue weighted by molar-refractivity contribution is 6.01. The Labute approximate surface area is 189 Å². The van der Waals surface area contributed by atoms with Gasteiger partial charge in [-0.1, -0.05) is 62.9 Å². The van der Waals surface area contributed by atoms with E-state index in [0.717, 1.165) is 30.4 Å². The minimum absolute atomic E-state index is 0.0145. The molecule has 3 rings (SSSR count). The molecule has 3 N–H and O–H groups in total. The van der Waals surface area contributed by atoms with E-state index in [1.54, 1.807) is 12.1 Å². The lowest BCUT2D eigenvalue weighted by Gasteiger charge is -2.22. The van der Waals surface area contributed by atoms with Gasteiger partial charge in [-0.2, -0.15) is 0 Å². The molecule has 0 bridgehead atoms. The van der Waals surface area contributed by atoms with Crippen molar-refractivity contribution in [2.75, 3.05) is 5.32 Å². The van der Waals surface area contributed by atoms with Gasteiger partial charge < -0.3 is 15.7 Å². The molecular weight excluding hydrogens is 404 g/mol. The lowest BCUT2D eigenvalue weighted by molar-refractivity contribution is -0.122. The quantitative estimate of drug-likeness (QED) is 0.190. The Morgan fingerprint density at radius 2 is 1.84 bits per heavy atom. The first-order chi connectivity index (χ1) is 15.5. The molecule has 0 fully saturated rings. The molecule has 0 aromatic heterocycles. The monoisotopic (exact) mass is 436 g/mol. The van der Waals surface area contributed by atoms with E-state index in [1.807, 2.05) is 24.3 Å². The van der Waals surface area contributed by atoms with Gasteiger partial charge in [0.25, 0.3) is 0 Å². The molecule has 2 atom stereocenters. The van der Waals surface area contributed by atoms with Crippen LogP contribution in [0.5, 0.6) is 5.75 Å². The minimum Gasteiger partial charge on any atom is -0.505 e. The molecule has 170 valence electrons. The molecule has 2 aromatic carbocycles. The zero-order valence-electron chi connectivity index (χ0n) is 18.6. The van der Waals surface area contributed by atoms with Crippen molar-refractivity contribution in [2.45, 2.75) is 64.3 Å². The smallest absolute Gasteiger partial charge is 0.220 e. The SMILES string of the molecule is CCCCCCCC(=O)NC1c2ccccc2CC1CC(=O)c1cccc(NC=O)c1O. The molecule has 0 aliphatic heterocycles. The van der Waals surface area contributed by atoms with Crippen LogP contribution in [0, 0.1) is 5.92 Å².